The van der Waals surface area contributed by atoms with Gasteiger partial charge in [0.25, 0.3) is 0 Å². The zero-order valence-electron chi connectivity index (χ0n) is 21.2. The third-order valence-corrected chi connectivity index (χ3v) is 6.43. The van der Waals surface area contributed by atoms with E-state index in [1.165, 1.54) is 0 Å². The average molecular weight is 470 g/mol. The Hall–Kier alpha value is -3.41. The van der Waals surface area contributed by atoms with Gasteiger partial charge in [0, 0.05) is 44.0 Å². The smallest absolute Gasteiger partial charge is 0.185 e. The molecule has 5 heteroatoms. The number of likely N-dealkylation sites (N-methyl/N-ethyl adjacent to an activating group) is 1. The molecule has 1 fully saturated rings. The van der Waals surface area contributed by atoms with E-state index in [0.717, 1.165) is 66.4 Å². The van der Waals surface area contributed by atoms with Crippen LogP contribution in [0.4, 0.5) is 5.69 Å². The number of carbonyl (C=O) groups excluding carboxylic acids is 1. The number of nitrogens with zero attached hydrogens (tertiary/aromatic N) is 3. The Balaban J connectivity index is 1.66. The normalized spacial score (nSPS) is 14.6. The minimum Gasteiger partial charge on any atom is -0.497 e. The highest BCUT2D eigenvalue weighted by atomic mass is 16.5. The van der Waals surface area contributed by atoms with Gasteiger partial charge in [-0.05, 0) is 79.8 Å². The Bertz CT molecular complexity index is 1180. The molecule has 1 heterocycles. The lowest BCUT2D eigenvalue weighted by Gasteiger charge is -2.34. The topological polar surface area (TPSA) is 36.0 Å². The van der Waals surface area contributed by atoms with Crippen LogP contribution in [0.15, 0.2) is 72.8 Å². The predicted octanol–water partition coefficient (Wildman–Crippen LogP) is 5.07. The number of benzene rings is 3. The molecule has 5 nitrogen and oxygen atoms in total. The van der Waals surface area contributed by atoms with Crippen LogP contribution in [0, 0.1) is 0 Å². The van der Waals surface area contributed by atoms with Crippen molar-refractivity contribution < 1.29 is 9.53 Å². The van der Waals surface area contributed by atoms with Crippen LogP contribution < -0.4 is 9.64 Å². The molecule has 0 atom stereocenters. The van der Waals surface area contributed by atoms with E-state index >= 15 is 0 Å². The van der Waals surface area contributed by atoms with Crippen molar-refractivity contribution in [3.63, 3.8) is 0 Å². The molecule has 0 bridgehead atoms. The zero-order valence-corrected chi connectivity index (χ0v) is 21.2. The lowest BCUT2D eigenvalue weighted by molar-refractivity contribution is 0.104. The molecule has 35 heavy (non-hydrogen) atoms. The lowest BCUT2D eigenvalue weighted by Crippen LogP contribution is -2.44. The summed E-state index contributed by atoms with van der Waals surface area (Å²) in [5.74, 6) is 0.822. The van der Waals surface area contributed by atoms with E-state index in [9.17, 15) is 4.79 Å². The number of hydrogen-bond donors (Lipinski definition) is 0. The first kappa shape index (κ1) is 24.7. The van der Waals surface area contributed by atoms with Crippen LogP contribution in [0.1, 0.15) is 21.5 Å². The number of allylic oxidation sites excluding steroid dienone is 1. The molecule has 0 saturated carbocycles. The fourth-order valence-corrected chi connectivity index (χ4v) is 4.41. The minimum absolute atomic E-state index is 0.00443. The third-order valence-electron chi connectivity index (χ3n) is 6.43. The molecular weight excluding hydrogens is 434 g/mol. The van der Waals surface area contributed by atoms with Crippen LogP contribution in [-0.4, -0.2) is 70.0 Å². The van der Waals surface area contributed by atoms with Crippen molar-refractivity contribution >= 4 is 17.5 Å². The summed E-state index contributed by atoms with van der Waals surface area (Å²) in [4.78, 5) is 20.2. The van der Waals surface area contributed by atoms with Crippen LogP contribution in [0.2, 0.25) is 0 Å². The maximum Gasteiger partial charge on any atom is 0.185 e. The average Bonchev–Trinajstić information content (AvgIpc) is 2.88. The van der Waals surface area contributed by atoms with Crippen molar-refractivity contribution in [1.29, 1.82) is 0 Å². The molecule has 0 aromatic heterocycles. The van der Waals surface area contributed by atoms with Crippen molar-refractivity contribution in [3.8, 4) is 16.9 Å². The Labute approximate surface area is 209 Å². The van der Waals surface area contributed by atoms with E-state index in [1.54, 1.807) is 13.2 Å². The van der Waals surface area contributed by atoms with E-state index in [2.05, 4.69) is 39.9 Å². The van der Waals surface area contributed by atoms with Gasteiger partial charge in [-0.1, -0.05) is 42.5 Å². The third kappa shape index (κ3) is 6.38. The second-order valence-electron chi connectivity index (χ2n) is 9.43. The maximum absolute atomic E-state index is 13.4. The molecule has 0 unspecified atom stereocenters. The quantitative estimate of drug-likeness (QED) is 0.340. The summed E-state index contributed by atoms with van der Waals surface area (Å²) in [6, 6.07) is 22.5. The Morgan fingerprint density at radius 2 is 1.69 bits per heavy atom. The van der Waals surface area contributed by atoms with E-state index in [1.807, 2.05) is 68.7 Å². The molecule has 0 radical (unpaired) electrons. The van der Waals surface area contributed by atoms with Crippen molar-refractivity contribution in [2.75, 3.05) is 59.3 Å². The summed E-state index contributed by atoms with van der Waals surface area (Å²) in [5, 5.41) is 0. The Morgan fingerprint density at radius 3 is 2.37 bits per heavy atom. The van der Waals surface area contributed by atoms with Gasteiger partial charge in [0.05, 0.1) is 7.11 Å². The number of hydrogen-bond acceptors (Lipinski definition) is 5. The Morgan fingerprint density at radius 1 is 0.943 bits per heavy atom. The van der Waals surface area contributed by atoms with Crippen molar-refractivity contribution in [2.24, 2.45) is 0 Å². The maximum atomic E-state index is 13.4. The first-order valence-electron chi connectivity index (χ1n) is 12.1. The summed E-state index contributed by atoms with van der Waals surface area (Å²) >= 11 is 0. The second-order valence-corrected chi connectivity index (χ2v) is 9.43. The molecule has 0 spiro atoms. The van der Waals surface area contributed by atoms with Crippen LogP contribution in [0.3, 0.4) is 0 Å². The van der Waals surface area contributed by atoms with Gasteiger partial charge >= 0.3 is 0 Å². The van der Waals surface area contributed by atoms with Gasteiger partial charge in [-0.25, -0.2) is 0 Å². The molecular formula is C30H35N3O2. The van der Waals surface area contributed by atoms with Gasteiger partial charge in [0.15, 0.2) is 5.78 Å². The van der Waals surface area contributed by atoms with E-state index in [4.69, 9.17) is 4.74 Å². The summed E-state index contributed by atoms with van der Waals surface area (Å²) < 4.78 is 5.40. The minimum atomic E-state index is 0.00443. The van der Waals surface area contributed by atoms with E-state index < -0.39 is 0 Å². The van der Waals surface area contributed by atoms with Crippen molar-refractivity contribution in [3.05, 3.63) is 89.5 Å². The number of anilines is 1. The standard InChI is InChI=1S/C30H35N3O2/c1-31(2)22-27-21-29(35-4)12-10-24(27)11-13-30(34)26-18-25(23-8-6-5-7-9-23)19-28(20-26)33-16-14-32(3)15-17-33/h5-13,18-21H,14-17,22H2,1-4H3. The molecule has 1 aliphatic heterocycles. The van der Waals surface area contributed by atoms with Gasteiger partial charge in [-0.2, -0.15) is 0 Å². The van der Waals surface area contributed by atoms with Gasteiger partial charge in [0.1, 0.15) is 5.75 Å². The summed E-state index contributed by atoms with van der Waals surface area (Å²) in [6.07, 6.45) is 3.62. The van der Waals surface area contributed by atoms with Crippen molar-refractivity contribution in [2.45, 2.75) is 6.54 Å². The second kappa shape index (κ2) is 11.3. The number of ketones is 1. The van der Waals surface area contributed by atoms with Gasteiger partial charge in [-0.15, -0.1) is 0 Å². The van der Waals surface area contributed by atoms with E-state index in [0.29, 0.717) is 5.56 Å². The molecule has 0 N–H and O–H groups in total. The monoisotopic (exact) mass is 469 g/mol. The molecule has 0 amide bonds. The molecule has 1 aliphatic rings. The van der Waals surface area contributed by atoms with Gasteiger partial charge < -0.3 is 19.4 Å². The largest absolute Gasteiger partial charge is 0.497 e. The number of piperazine rings is 1. The van der Waals surface area contributed by atoms with Crippen LogP contribution in [-0.2, 0) is 6.54 Å². The van der Waals surface area contributed by atoms with Crippen LogP contribution >= 0.6 is 0 Å². The van der Waals surface area contributed by atoms with Crippen LogP contribution in [0.5, 0.6) is 5.75 Å². The first-order chi connectivity index (χ1) is 16.9. The number of rotatable bonds is 8. The highest BCUT2D eigenvalue weighted by Gasteiger charge is 2.17. The molecule has 182 valence electrons. The van der Waals surface area contributed by atoms with Gasteiger partial charge in [-0.3, -0.25) is 4.79 Å². The fraction of sp³-hybridized carbons (Fsp3) is 0.300. The fourth-order valence-electron chi connectivity index (χ4n) is 4.41. The summed E-state index contributed by atoms with van der Waals surface area (Å²) in [7, 11) is 7.90. The first-order valence-corrected chi connectivity index (χ1v) is 12.1. The number of carbonyl (C=O) groups is 1. The van der Waals surface area contributed by atoms with Crippen molar-refractivity contribution in [1.82, 2.24) is 9.80 Å². The summed E-state index contributed by atoms with van der Waals surface area (Å²) in [6.45, 7) is 4.72. The van der Waals surface area contributed by atoms with Crippen LogP contribution in [0.25, 0.3) is 17.2 Å². The molecule has 3 aromatic carbocycles. The molecule has 3 aromatic rings. The lowest BCUT2D eigenvalue weighted by atomic mass is 9.98. The Kier molecular flexibility index (Phi) is 8.01. The highest BCUT2D eigenvalue weighted by Crippen LogP contribution is 2.28. The van der Waals surface area contributed by atoms with Gasteiger partial charge in [0.2, 0.25) is 0 Å². The highest BCUT2D eigenvalue weighted by molar-refractivity contribution is 6.08. The summed E-state index contributed by atoms with van der Waals surface area (Å²) in [5.41, 5.74) is 6.13. The molecule has 4 rings (SSSR count). The SMILES string of the molecule is COc1ccc(C=CC(=O)c2cc(-c3ccccc3)cc(N3CCN(C)CC3)c2)c(CN(C)C)c1. The zero-order chi connectivity index (χ0) is 24.8. The number of ether oxygens (including phenoxy) is 1. The van der Waals surface area contributed by atoms with E-state index in [-0.39, 0.29) is 5.78 Å². The predicted molar refractivity (Wildman–Crippen MR) is 145 cm³/mol. The number of methoxy groups -OCH3 is 1. The molecule has 1 saturated heterocycles. The molecule has 0 aliphatic carbocycles.